The zero-order valence-electron chi connectivity index (χ0n) is 15.0. The predicted molar refractivity (Wildman–Crippen MR) is 109 cm³/mol. The molecule has 0 aromatic heterocycles. The molecule has 0 spiro atoms. The molecule has 2 aliphatic heterocycles. The number of fused-ring (bicyclic) bond motifs is 1. The van der Waals surface area contributed by atoms with Gasteiger partial charge in [0.2, 0.25) is 0 Å². The van der Waals surface area contributed by atoms with Crippen LogP contribution in [0, 0.1) is 5.82 Å². The minimum atomic E-state index is -3.08. The van der Waals surface area contributed by atoms with Crippen LogP contribution in [0.5, 0.6) is 0 Å². The van der Waals surface area contributed by atoms with Gasteiger partial charge in [0, 0.05) is 17.4 Å². The van der Waals surface area contributed by atoms with Gasteiger partial charge in [-0.05, 0) is 36.2 Å². The largest absolute Gasteiger partial charge is 0.346 e. The van der Waals surface area contributed by atoms with Crippen LogP contribution >= 0.6 is 11.8 Å². The van der Waals surface area contributed by atoms with E-state index in [9.17, 15) is 17.6 Å². The highest BCUT2D eigenvalue weighted by Gasteiger charge is 2.48. The fourth-order valence-corrected chi connectivity index (χ4v) is 7.51. The monoisotopic (exact) mass is 418 g/mol. The van der Waals surface area contributed by atoms with Gasteiger partial charge in [-0.1, -0.05) is 42.1 Å². The number of nitrogens with zero attached hydrogens (tertiary/aromatic N) is 2. The van der Waals surface area contributed by atoms with Crippen LogP contribution in [0.25, 0.3) is 0 Å². The topological polar surface area (TPSA) is 66.8 Å². The Morgan fingerprint density at radius 1 is 1.11 bits per heavy atom. The van der Waals surface area contributed by atoms with Crippen molar-refractivity contribution in [3.8, 4) is 0 Å². The molecule has 28 heavy (non-hydrogen) atoms. The second kappa shape index (κ2) is 7.67. The maximum atomic E-state index is 13.1. The molecule has 1 amide bonds. The van der Waals surface area contributed by atoms with Crippen molar-refractivity contribution < 1.29 is 17.6 Å². The lowest BCUT2D eigenvalue weighted by atomic mass is 10.1. The highest BCUT2D eigenvalue weighted by Crippen LogP contribution is 2.38. The number of amides is 1. The van der Waals surface area contributed by atoms with Crippen molar-refractivity contribution in [3.05, 3.63) is 71.5 Å². The minimum Gasteiger partial charge on any atom is -0.346 e. The maximum Gasteiger partial charge on any atom is 0.279 e. The standard InChI is InChI=1S/C20H19FN2O3S2/c21-16-8-6-14(7-9-16)10-11-23-17-12-28(25,26)13-18(17)27-20(23)22-19(24)15-4-2-1-3-5-15/h1-9,17-18H,10-13H2/t17-,18+/m0/s1. The summed E-state index contributed by atoms with van der Waals surface area (Å²) in [7, 11) is -3.08. The number of amidine groups is 1. The summed E-state index contributed by atoms with van der Waals surface area (Å²) >= 11 is 1.37. The molecule has 4 rings (SSSR count). The van der Waals surface area contributed by atoms with E-state index in [1.54, 1.807) is 36.4 Å². The number of thioether (sulfide) groups is 1. The molecule has 146 valence electrons. The van der Waals surface area contributed by atoms with E-state index in [-0.39, 0.29) is 34.5 Å². The van der Waals surface area contributed by atoms with E-state index in [1.165, 1.54) is 23.9 Å². The van der Waals surface area contributed by atoms with Crippen LogP contribution in [0.3, 0.4) is 0 Å². The van der Waals surface area contributed by atoms with Crippen molar-refractivity contribution in [2.75, 3.05) is 18.1 Å². The summed E-state index contributed by atoms with van der Waals surface area (Å²) < 4.78 is 37.2. The number of hydrogen-bond donors (Lipinski definition) is 0. The fraction of sp³-hybridized carbons (Fsp3) is 0.300. The van der Waals surface area contributed by atoms with Crippen LogP contribution in [0.1, 0.15) is 15.9 Å². The Balaban J connectivity index is 1.57. The van der Waals surface area contributed by atoms with Crippen LogP contribution in [0.15, 0.2) is 59.6 Å². The van der Waals surface area contributed by atoms with Crippen LogP contribution in [-0.4, -0.2) is 53.7 Å². The van der Waals surface area contributed by atoms with Gasteiger partial charge >= 0.3 is 0 Å². The van der Waals surface area contributed by atoms with E-state index in [4.69, 9.17) is 0 Å². The lowest BCUT2D eigenvalue weighted by Crippen LogP contribution is -2.39. The van der Waals surface area contributed by atoms with E-state index in [0.717, 1.165) is 5.56 Å². The molecule has 2 aromatic rings. The van der Waals surface area contributed by atoms with Crippen LogP contribution in [0.2, 0.25) is 0 Å². The van der Waals surface area contributed by atoms with E-state index < -0.39 is 9.84 Å². The number of halogens is 1. The summed E-state index contributed by atoms with van der Waals surface area (Å²) in [6.07, 6.45) is 0.614. The number of benzene rings is 2. The second-order valence-electron chi connectivity index (χ2n) is 6.94. The third-order valence-electron chi connectivity index (χ3n) is 4.95. The minimum absolute atomic E-state index is 0.0760. The molecule has 0 aliphatic carbocycles. The molecule has 0 N–H and O–H groups in total. The van der Waals surface area contributed by atoms with Crippen molar-refractivity contribution in [1.82, 2.24) is 4.90 Å². The van der Waals surface area contributed by atoms with Gasteiger partial charge in [-0.3, -0.25) is 4.79 Å². The number of hydrogen-bond acceptors (Lipinski definition) is 4. The highest BCUT2D eigenvalue weighted by molar-refractivity contribution is 8.15. The Kier molecular flexibility index (Phi) is 5.25. The third-order valence-corrected chi connectivity index (χ3v) is 8.20. The Morgan fingerprint density at radius 2 is 1.82 bits per heavy atom. The van der Waals surface area contributed by atoms with Crippen molar-refractivity contribution in [1.29, 1.82) is 0 Å². The van der Waals surface area contributed by atoms with Gasteiger partial charge in [0.05, 0.1) is 17.5 Å². The first-order valence-corrected chi connectivity index (χ1v) is 11.7. The maximum absolute atomic E-state index is 13.1. The number of carbonyl (C=O) groups excluding carboxylic acids is 1. The summed E-state index contributed by atoms with van der Waals surface area (Å²) in [6.45, 7) is 0.524. The molecular weight excluding hydrogens is 399 g/mol. The molecule has 2 aliphatic rings. The number of carbonyl (C=O) groups is 1. The smallest absolute Gasteiger partial charge is 0.279 e. The number of rotatable bonds is 4. The fourth-order valence-electron chi connectivity index (χ4n) is 3.53. The van der Waals surface area contributed by atoms with Gasteiger partial charge in [-0.25, -0.2) is 12.8 Å². The third kappa shape index (κ3) is 4.12. The van der Waals surface area contributed by atoms with Gasteiger partial charge in [0.15, 0.2) is 15.0 Å². The molecule has 2 atom stereocenters. The summed E-state index contributed by atoms with van der Waals surface area (Å²) in [6, 6.07) is 14.9. The van der Waals surface area contributed by atoms with E-state index in [1.807, 2.05) is 11.0 Å². The molecule has 5 nitrogen and oxygen atoms in total. The first-order valence-electron chi connectivity index (χ1n) is 8.97. The second-order valence-corrected chi connectivity index (χ2v) is 10.3. The molecule has 2 aromatic carbocycles. The molecule has 2 saturated heterocycles. The Labute approximate surface area is 167 Å². The van der Waals surface area contributed by atoms with E-state index >= 15 is 0 Å². The number of aliphatic imine (C=N–C) groups is 1. The lowest BCUT2D eigenvalue weighted by molar-refractivity contribution is 0.100. The molecule has 2 fully saturated rings. The molecular formula is C20H19FN2O3S2. The summed E-state index contributed by atoms with van der Waals surface area (Å²) in [5, 5.41) is 0.460. The SMILES string of the molecule is O=C(N=C1S[C@@H]2CS(=O)(=O)C[C@@H]2N1CCc1ccc(F)cc1)c1ccccc1. The lowest BCUT2D eigenvalue weighted by Gasteiger charge is -2.24. The van der Waals surface area contributed by atoms with E-state index in [2.05, 4.69) is 4.99 Å². The van der Waals surface area contributed by atoms with Crippen LogP contribution in [0.4, 0.5) is 4.39 Å². The zero-order valence-corrected chi connectivity index (χ0v) is 16.6. The Bertz CT molecular complexity index is 1010. The first kappa shape index (κ1) is 19.1. The molecule has 0 bridgehead atoms. The first-order chi connectivity index (χ1) is 13.4. The van der Waals surface area contributed by atoms with Gasteiger partial charge in [-0.15, -0.1) is 0 Å². The molecule has 0 saturated carbocycles. The van der Waals surface area contributed by atoms with Crippen molar-refractivity contribution >= 4 is 32.7 Å². The van der Waals surface area contributed by atoms with Crippen LogP contribution < -0.4 is 0 Å². The molecule has 0 radical (unpaired) electrons. The molecule has 0 unspecified atom stereocenters. The zero-order chi connectivity index (χ0) is 19.7. The number of sulfone groups is 1. The molecule has 2 heterocycles. The van der Waals surface area contributed by atoms with E-state index in [0.29, 0.717) is 23.7 Å². The molecule has 8 heteroatoms. The van der Waals surface area contributed by atoms with Crippen molar-refractivity contribution in [2.24, 2.45) is 4.99 Å². The van der Waals surface area contributed by atoms with Gasteiger partial charge in [-0.2, -0.15) is 4.99 Å². The van der Waals surface area contributed by atoms with Crippen LogP contribution in [-0.2, 0) is 16.3 Å². The quantitative estimate of drug-likeness (QED) is 0.764. The average Bonchev–Trinajstić information content (AvgIpc) is 3.13. The highest BCUT2D eigenvalue weighted by atomic mass is 32.2. The average molecular weight is 419 g/mol. The summed E-state index contributed by atoms with van der Waals surface area (Å²) in [4.78, 5) is 18.7. The van der Waals surface area contributed by atoms with Gasteiger partial charge in [0.1, 0.15) is 5.82 Å². The predicted octanol–water partition coefficient (Wildman–Crippen LogP) is 2.78. The van der Waals surface area contributed by atoms with Gasteiger partial charge < -0.3 is 4.90 Å². The van der Waals surface area contributed by atoms with Crippen molar-refractivity contribution in [2.45, 2.75) is 17.7 Å². The van der Waals surface area contributed by atoms with Gasteiger partial charge in [0.25, 0.3) is 5.91 Å². The summed E-state index contributed by atoms with van der Waals surface area (Å²) in [5.41, 5.74) is 1.45. The van der Waals surface area contributed by atoms with Crippen molar-refractivity contribution in [3.63, 3.8) is 0 Å². The Morgan fingerprint density at radius 3 is 2.54 bits per heavy atom. The Hall–Kier alpha value is -2.19. The summed E-state index contributed by atoms with van der Waals surface area (Å²) in [5.74, 6) is -0.448. The normalized spacial score (nSPS) is 24.5.